The number of benzene rings is 1. The molecule has 0 atom stereocenters. The number of halogens is 1. The second-order valence-corrected chi connectivity index (χ2v) is 3.70. The van der Waals surface area contributed by atoms with Gasteiger partial charge in [0, 0.05) is 17.6 Å². The van der Waals surface area contributed by atoms with Crippen LogP contribution in [0, 0.1) is 0 Å². The van der Waals surface area contributed by atoms with Crippen molar-refractivity contribution < 1.29 is 10.0 Å². The monoisotopic (exact) mass is 241 g/mol. The molecule has 0 aliphatic carbocycles. The van der Waals surface area contributed by atoms with Gasteiger partial charge in [-0.05, 0) is 24.3 Å². The first-order valence-electron chi connectivity index (χ1n) is 4.52. The zero-order valence-corrected chi connectivity index (χ0v) is 9.48. The number of amides is 1. The van der Waals surface area contributed by atoms with Gasteiger partial charge in [-0.1, -0.05) is 16.8 Å². The van der Waals surface area contributed by atoms with Crippen LogP contribution in [0.5, 0.6) is 0 Å². The molecule has 6 heteroatoms. The first-order valence-corrected chi connectivity index (χ1v) is 4.90. The Balaban J connectivity index is 2.74. The van der Waals surface area contributed by atoms with Gasteiger partial charge in [-0.2, -0.15) is 0 Å². The molecule has 0 saturated heterocycles. The maximum absolute atomic E-state index is 11.8. The molecule has 0 aliphatic rings. The lowest BCUT2D eigenvalue weighted by molar-refractivity contribution is 0.0813. The number of rotatable bonds is 3. The van der Waals surface area contributed by atoms with Crippen molar-refractivity contribution in [1.29, 1.82) is 0 Å². The highest BCUT2D eigenvalue weighted by atomic mass is 35.5. The summed E-state index contributed by atoms with van der Waals surface area (Å²) in [6.45, 7) is 0.0674. The molecule has 0 unspecified atom stereocenters. The minimum atomic E-state index is -0.219. The Labute approximate surface area is 98.1 Å². The molecule has 1 aromatic carbocycles. The lowest BCUT2D eigenvalue weighted by atomic mass is 10.2. The van der Waals surface area contributed by atoms with Gasteiger partial charge < -0.3 is 15.8 Å². The molecular weight excluding hydrogens is 230 g/mol. The lowest BCUT2D eigenvalue weighted by Gasteiger charge is -2.15. The third-order valence-corrected chi connectivity index (χ3v) is 2.22. The van der Waals surface area contributed by atoms with Gasteiger partial charge in [0.1, 0.15) is 0 Å². The molecule has 1 rings (SSSR count). The number of hydrogen-bond donors (Lipinski definition) is 2. The van der Waals surface area contributed by atoms with Crippen LogP contribution in [0.3, 0.4) is 0 Å². The average Bonchev–Trinajstić information content (AvgIpc) is 2.28. The quantitative estimate of drug-likeness (QED) is 0.361. The van der Waals surface area contributed by atoms with Crippen LogP contribution >= 0.6 is 11.6 Å². The van der Waals surface area contributed by atoms with E-state index in [1.54, 1.807) is 31.3 Å². The Kier molecular flexibility index (Phi) is 4.13. The topological polar surface area (TPSA) is 78.9 Å². The summed E-state index contributed by atoms with van der Waals surface area (Å²) in [5.41, 5.74) is 5.80. The normalized spacial score (nSPS) is 11.2. The molecular formula is C10H12ClN3O2. The smallest absolute Gasteiger partial charge is 0.254 e. The second-order valence-electron chi connectivity index (χ2n) is 3.26. The molecule has 86 valence electrons. The maximum Gasteiger partial charge on any atom is 0.254 e. The highest BCUT2D eigenvalue weighted by Crippen LogP contribution is 2.10. The van der Waals surface area contributed by atoms with Crippen LogP contribution in [-0.2, 0) is 0 Å². The fourth-order valence-corrected chi connectivity index (χ4v) is 1.29. The molecule has 0 aliphatic heterocycles. The fourth-order valence-electron chi connectivity index (χ4n) is 1.16. The van der Waals surface area contributed by atoms with Crippen LogP contribution in [-0.4, -0.2) is 35.4 Å². The summed E-state index contributed by atoms with van der Waals surface area (Å²) in [5, 5.41) is 11.7. The summed E-state index contributed by atoms with van der Waals surface area (Å²) in [5.74, 6) is -0.243. The van der Waals surface area contributed by atoms with Crippen molar-refractivity contribution >= 4 is 23.3 Å². The Morgan fingerprint density at radius 2 is 2.06 bits per heavy atom. The zero-order chi connectivity index (χ0) is 12.1. The van der Waals surface area contributed by atoms with Gasteiger partial charge in [-0.15, -0.1) is 0 Å². The fraction of sp³-hybridized carbons (Fsp3) is 0.200. The van der Waals surface area contributed by atoms with Crippen LogP contribution in [0.1, 0.15) is 10.4 Å². The molecule has 0 heterocycles. The van der Waals surface area contributed by atoms with Crippen molar-refractivity contribution in [1.82, 2.24) is 4.90 Å². The summed E-state index contributed by atoms with van der Waals surface area (Å²) in [6, 6.07) is 6.50. The van der Waals surface area contributed by atoms with Crippen LogP contribution in [0.2, 0.25) is 5.02 Å². The SMILES string of the molecule is CN(CC(N)=NO)C(=O)c1ccc(Cl)cc1. The predicted molar refractivity (Wildman–Crippen MR) is 61.8 cm³/mol. The van der Waals surface area contributed by atoms with E-state index in [1.807, 2.05) is 0 Å². The van der Waals surface area contributed by atoms with Crippen LogP contribution in [0.4, 0.5) is 0 Å². The number of carbonyl (C=O) groups excluding carboxylic acids is 1. The van der Waals surface area contributed by atoms with Crippen LogP contribution < -0.4 is 5.73 Å². The van der Waals surface area contributed by atoms with E-state index in [1.165, 1.54) is 4.90 Å². The van der Waals surface area contributed by atoms with Crippen LogP contribution in [0.15, 0.2) is 29.4 Å². The molecule has 16 heavy (non-hydrogen) atoms. The molecule has 0 fully saturated rings. The van der Waals surface area contributed by atoms with Gasteiger partial charge in [-0.25, -0.2) is 0 Å². The number of amidine groups is 1. The van der Waals surface area contributed by atoms with E-state index in [0.29, 0.717) is 10.6 Å². The van der Waals surface area contributed by atoms with Gasteiger partial charge >= 0.3 is 0 Å². The highest BCUT2D eigenvalue weighted by Gasteiger charge is 2.12. The van der Waals surface area contributed by atoms with Crippen LogP contribution in [0.25, 0.3) is 0 Å². The summed E-state index contributed by atoms with van der Waals surface area (Å²) >= 11 is 5.71. The average molecular weight is 242 g/mol. The number of nitrogens with two attached hydrogens (primary N) is 1. The first-order chi connectivity index (χ1) is 7.54. The highest BCUT2D eigenvalue weighted by molar-refractivity contribution is 6.30. The molecule has 1 amide bonds. The van der Waals surface area contributed by atoms with E-state index >= 15 is 0 Å². The Hall–Kier alpha value is -1.75. The molecule has 5 nitrogen and oxygen atoms in total. The maximum atomic E-state index is 11.8. The minimum Gasteiger partial charge on any atom is -0.409 e. The van der Waals surface area contributed by atoms with Gasteiger partial charge in [-0.3, -0.25) is 4.79 Å². The van der Waals surface area contributed by atoms with E-state index in [2.05, 4.69) is 5.16 Å². The molecule has 0 radical (unpaired) electrons. The molecule has 0 saturated carbocycles. The number of likely N-dealkylation sites (N-methyl/N-ethyl adjacent to an activating group) is 1. The van der Waals surface area contributed by atoms with Crippen molar-refractivity contribution in [2.75, 3.05) is 13.6 Å². The Morgan fingerprint density at radius 3 is 2.56 bits per heavy atom. The Bertz CT molecular complexity index is 403. The van der Waals surface area contributed by atoms with Crippen molar-refractivity contribution in [3.8, 4) is 0 Å². The third-order valence-electron chi connectivity index (χ3n) is 1.97. The molecule has 0 bridgehead atoms. The number of hydrogen-bond acceptors (Lipinski definition) is 3. The van der Waals surface area contributed by atoms with Gasteiger partial charge in [0.25, 0.3) is 5.91 Å². The van der Waals surface area contributed by atoms with Gasteiger partial charge in [0.05, 0.1) is 6.54 Å². The molecule has 0 spiro atoms. The predicted octanol–water partition coefficient (Wildman–Crippen LogP) is 1.16. The van der Waals surface area contributed by atoms with Crippen molar-refractivity contribution in [3.63, 3.8) is 0 Å². The van der Waals surface area contributed by atoms with E-state index in [-0.39, 0.29) is 18.3 Å². The third kappa shape index (κ3) is 3.13. The largest absolute Gasteiger partial charge is 0.409 e. The molecule has 1 aromatic rings. The zero-order valence-electron chi connectivity index (χ0n) is 8.72. The summed E-state index contributed by atoms with van der Waals surface area (Å²) in [7, 11) is 1.56. The van der Waals surface area contributed by atoms with Crippen molar-refractivity contribution in [2.24, 2.45) is 10.9 Å². The van der Waals surface area contributed by atoms with Gasteiger partial charge in [0.2, 0.25) is 0 Å². The summed E-state index contributed by atoms with van der Waals surface area (Å²) < 4.78 is 0. The van der Waals surface area contributed by atoms with E-state index in [0.717, 1.165) is 0 Å². The lowest BCUT2D eigenvalue weighted by Crippen LogP contribution is -2.35. The van der Waals surface area contributed by atoms with Crippen molar-refractivity contribution in [3.05, 3.63) is 34.9 Å². The van der Waals surface area contributed by atoms with E-state index in [4.69, 9.17) is 22.5 Å². The number of carbonyl (C=O) groups is 1. The summed E-state index contributed by atoms with van der Waals surface area (Å²) in [4.78, 5) is 13.1. The molecule has 3 N–H and O–H groups in total. The minimum absolute atomic E-state index is 0.0233. The number of oxime groups is 1. The second kappa shape index (κ2) is 5.37. The molecule has 0 aromatic heterocycles. The van der Waals surface area contributed by atoms with Crippen molar-refractivity contribution in [2.45, 2.75) is 0 Å². The summed E-state index contributed by atoms with van der Waals surface area (Å²) in [6.07, 6.45) is 0. The van der Waals surface area contributed by atoms with E-state index in [9.17, 15) is 4.79 Å². The number of nitrogens with zero attached hydrogens (tertiary/aromatic N) is 2. The first kappa shape index (κ1) is 12.3. The van der Waals surface area contributed by atoms with Gasteiger partial charge in [0.15, 0.2) is 5.84 Å². The standard InChI is InChI=1S/C10H12ClN3O2/c1-14(6-9(12)13-16)10(15)7-2-4-8(11)5-3-7/h2-5,16H,6H2,1H3,(H2,12,13). The Morgan fingerprint density at radius 1 is 1.50 bits per heavy atom. The van der Waals surface area contributed by atoms with E-state index < -0.39 is 0 Å².